The lowest BCUT2D eigenvalue weighted by molar-refractivity contribution is -0.384. The van der Waals surface area contributed by atoms with Crippen LogP contribution in [0.2, 0.25) is 0 Å². The van der Waals surface area contributed by atoms with E-state index < -0.39 is 4.92 Å². The molecule has 0 fully saturated rings. The third-order valence-corrected chi connectivity index (χ3v) is 5.59. The predicted molar refractivity (Wildman–Crippen MR) is 139 cm³/mol. The maximum absolute atomic E-state index is 10.9. The van der Waals surface area contributed by atoms with Crippen LogP contribution < -0.4 is 9.47 Å². The highest BCUT2D eigenvalue weighted by Gasteiger charge is 2.15. The van der Waals surface area contributed by atoms with E-state index in [1.54, 1.807) is 37.5 Å². The Bertz CT molecular complexity index is 1510. The van der Waals surface area contributed by atoms with Crippen molar-refractivity contribution >= 4 is 28.4 Å². The van der Waals surface area contributed by atoms with Gasteiger partial charge >= 0.3 is 0 Å². The normalized spacial score (nSPS) is 11.2. The Hall–Kier alpha value is -4.90. The van der Waals surface area contributed by atoms with Crippen molar-refractivity contribution in [2.75, 3.05) is 7.11 Å². The Morgan fingerprint density at radius 3 is 2.67 bits per heavy atom. The minimum Gasteiger partial charge on any atom is -0.493 e. The number of nitro benzene ring substituents is 1. The van der Waals surface area contributed by atoms with Gasteiger partial charge in [-0.15, -0.1) is 6.58 Å². The van der Waals surface area contributed by atoms with E-state index in [2.05, 4.69) is 22.6 Å². The number of hydrogen-bond donors (Lipinski definition) is 1. The fourth-order valence-electron chi connectivity index (χ4n) is 3.83. The molecule has 1 heterocycles. The largest absolute Gasteiger partial charge is 0.493 e. The van der Waals surface area contributed by atoms with Gasteiger partial charge in [0, 0.05) is 17.7 Å². The summed E-state index contributed by atoms with van der Waals surface area (Å²) in [5.74, 6) is 1.53. The number of rotatable bonds is 9. The number of allylic oxidation sites excluding steroid dienone is 2. The Labute approximate surface area is 208 Å². The molecule has 1 aromatic heterocycles. The van der Waals surface area contributed by atoms with Crippen LogP contribution in [0.5, 0.6) is 11.5 Å². The van der Waals surface area contributed by atoms with Gasteiger partial charge in [-0.25, -0.2) is 4.98 Å². The molecule has 0 saturated carbocycles. The molecule has 0 atom stereocenters. The monoisotopic (exact) mass is 480 g/mol. The fraction of sp³-hybridized carbons (Fsp3) is 0.143. The number of non-ortho nitro benzene ring substituents is 1. The molecule has 180 valence electrons. The van der Waals surface area contributed by atoms with E-state index in [-0.39, 0.29) is 12.3 Å². The van der Waals surface area contributed by atoms with Crippen LogP contribution >= 0.6 is 0 Å². The van der Waals surface area contributed by atoms with Crippen molar-refractivity contribution in [1.29, 1.82) is 5.26 Å². The smallest absolute Gasteiger partial charge is 0.269 e. The first-order valence-electron chi connectivity index (χ1n) is 11.2. The first-order valence-corrected chi connectivity index (χ1v) is 11.2. The number of aromatic amines is 1. The summed E-state index contributed by atoms with van der Waals surface area (Å²) in [4.78, 5) is 18.2. The summed E-state index contributed by atoms with van der Waals surface area (Å²) in [6.45, 7) is 6.04. The first-order chi connectivity index (χ1) is 17.4. The third kappa shape index (κ3) is 5.26. The molecule has 0 radical (unpaired) electrons. The van der Waals surface area contributed by atoms with Gasteiger partial charge in [-0.2, -0.15) is 5.26 Å². The van der Waals surface area contributed by atoms with Gasteiger partial charge in [0.05, 0.1) is 28.6 Å². The van der Waals surface area contributed by atoms with Gasteiger partial charge in [-0.05, 0) is 72.5 Å². The first kappa shape index (κ1) is 24.2. The van der Waals surface area contributed by atoms with Gasteiger partial charge < -0.3 is 14.5 Å². The van der Waals surface area contributed by atoms with Crippen molar-refractivity contribution in [3.63, 3.8) is 0 Å². The minimum absolute atomic E-state index is 0.0210. The molecule has 4 aromatic rings. The average molecular weight is 481 g/mol. The lowest BCUT2D eigenvalue weighted by Gasteiger charge is -2.16. The number of fused-ring (bicyclic) bond motifs is 1. The Kier molecular flexibility index (Phi) is 7.12. The van der Waals surface area contributed by atoms with Crippen LogP contribution in [0.25, 0.3) is 22.7 Å². The molecule has 0 unspecified atom stereocenters. The number of methoxy groups -OCH3 is 1. The summed E-state index contributed by atoms with van der Waals surface area (Å²) in [6, 6.07) is 18.0. The molecule has 8 nitrogen and oxygen atoms in total. The zero-order chi connectivity index (χ0) is 25.7. The second kappa shape index (κ2) is 10.6. The molecular weight excluding hydrogens is 456 g/mol. The number of nitro groups is 1. The molecule has 0 bridgehead atoms. The van der Waals surface area contributed by atoms with E-state index in [9.17, 15) is 15.4 Å². The molecule has 0 aliphatic carbocycles. The van der Waals surface area contributed by atoms with Gasteiger partial charge in [-0.3, -0.25) is 10.1 Å². The van der Waals surface area contributed by atoms with Crippen LogP contribution in [0.15, 0.2) is 67.3 Å². The second-order valence-corrected chi connectivity index (χ2v) is 8.19. The zero-order valence-electron chi connectivity index (χ0n) is 19.9. The lowest BCUT2D eigenvalue weighted by Crippen LogP contribution is -2.02. The molecule has 3 aromatic carbocycles. The van der Waals surface area contributed by atoms with Gasteiger partial charge in [0.25, 0.3) is 5.69 Å². The van der Waals surface area contributed by atoms with Gasteiger partial charge in [-0.1, -0.05) is 12.1 Å². The summed E-state index contributed by atoms with van der Waals surface area (Å²) >= 11 is 0. The quantitative estimate of drug-likeness (QED) is 0.133. The number of benzene rings is 3. The zero-order valence-corrected chi connectivity index (χ0v) is 19.9. The van der Waals surface area contributed by atoms with E-state index in [1.165, 1.54) is 12.1 Å². The summed E-state index contributed by atoms with van der Waals surface area (Å²) in [5.41, 5.74) is 5.52. The number of aromatic nitrogens is 2. The van der Waals surface area contributed by atoms with E-state index in [4.69, 9.17) is 9.47 Å². The van der Waals surface area contributed by atoms with Crippen LogP contribution in [-0.4, -0.2) is 22.0 Å². The lowest BCUT2D eigenvalue weighted by atomic mass is 10.0. The standard InChI is InChI=1S/C28H24N4O4/c1-4-5-21-13-20(14-22(16-29)28-30-24-11-6-18(2)12-25(24)31-28)15-26(35-3)27(21)36-17-19-7-9-23(10-8-19)32(33)34/h4,6-15H,1,5,17H2,2-3H3,(H,30,31). The van der Waals surface area contributed by atoms with Gasteiger partial charge in [0.2, 0.25) is 0 Å². The molecule has 36 heavy (non-hydrogen) atoms. The molecule has 0 spiro atoms. The number of imidazole rings is 1. The summed E-state index contributed by atoms with van der Waals surface area (Å²) in [5, 5.41) is 20.7. The molecule has 1 N–H and O–H groups in total. The van der Waals surface area contributed by atoms with E-state index >= 15 is 0 Å². The third-order valence-electron chi connectivity index (χ3n) is 5.59. The summed E-state index contributed by atoms with van der Waals surface area (Å²) < 4.78 is 11.7. The highest BCUT2D eigenvalue weighted by Crippen LogP contribution is 2.35. The Morgan fingerprint density at radius 2 is 2.00 bits per heavy atom. The minimum atomic E-state index is -0.440. The molecule has 0 aliphatic heterocycles. The van der Waals surface area contributed by atoms with Crippen molar-refractivity contribution < 1.29 is 14.4 Å². The van der Waals surface area contributed by atoms with Crippen molar-refractivity contribution in [2.24, 2.45) is 0 Å². The molecular formula is C28H24N4O4. The Morgan fingerprint density at radius 1 is 1.22 bits per heavy atom. The highest BCUT2D eigenvalue weighted by molar-refractivity contribution is 5.90. The van der Waals surface area contributed by atoms with Crippen LogP contribution in [0.4, 0.5) is 5.69 Å². The van der Waals surface area contributed by atoms with E-state index in [0.29, 0.717) is 29.3 Å². The van der Waals surface area contributed by atoms with Gasteiger partial charge in [0.15, 0.2) is 11.5 Å². The number of aryl methyl sites for hydroxylation is 1. The van der Waals surface area contributed by atoms with Crippen molar-refractivity contribution in [3.05, 3.63) is 105 Å². The number of H-pyrrole nitrogens is 1. The summed E-state index contributed by atoms with van der Waals surface area (Å²) in [7, 11) is 1.55. The number of nitrogens with zero attached hydrogens (tertiary/aromatic N) is 3. The van der Waals surface area contributed by atoms with Gasteiger partial charge in [0.1, 0.15) is 18.5 Å². The van der Waals surface area contributed by atoms with Crippen LogP contribution in [0.1, 0.15) is 28.1 Å². The highest BCUT2D eigenvalue weighted by atomic mass is 16.6. The SMILES string of the molecule is C=CCc1cc(C=C(C#N)c2nc3ccc(C)cc3[nH]2)cc(OC)c1OCc1ccc([N+](=O)[O-])cc1. The molecule has 0 aliphatic rings. The van der Waals surface area contributed by atoms with E-state index in [1.807, 2.05) is 31.2 Å². The second-order valence-electron chi connectivity index (χ2n) is 8.19. The van der Waals surface area contributed by atoms with Crippen molar-refractivity contribution in [3.8, 4) is 17.6 Å². The molecule has 8 heteroatoms. The number of ether oxygens (including phenoxy) is 2. The molecule has 0 amide bonds. The Balaban J connectivity index is 1.66. The summed E-state index contributed by atoms with van der Waals surface area (Å²) in [6.07, 6.45) is 4.02. The maximum atomic E-state index is 10.9. The van der Waals surface area contributed by atoms with Crippen LogP contribution in [0.3, 0.4) is 0 Å². The number of nitriles is 1. The predicted octanol–water partition coefficient (Wildman–Crippen LogP) is 6.16. The van der Waals surface area contributed by atoms with E-state index in [0.717, 1.165) is 33.3 Å². The maximum Gasteiger partial charge on any atom is 0.269 e. The molecule has 4 rings (SSSR count). The van der Waals surface area contributed by atoms with Crippen LogP contribution in [0, 0.1) is 28.4 Å². The topological polar surface area (TPSA) is 114 Å². The van der Waals surface area contributed by atoms with Crippen LogP contribution in [-0.2, 0) is 13.0 Å². The van der Waals surface area contributed by atoms with Crippen molar-refractivity contribution in [2.45, 2.75) is 20.0 Å². The number of nitrogens with one attached hydrogen (secondary N) is 1. The fourth-order valence-corrected chi connectivity index (χ4v) is 3.83. The number of hydrogen-bond acceptors (Lipinski definition) is 6. The van der Waals surface area contributed by atoms with Crippen molar-refractivity contribution in [1.82, 2.24) is 9.97 Å². The average Bonchev–Trinajstić information content (AvgIpc) is 3.29. The molecule has 0 saturated heterocycles.